The molecule has 3 aromatic rings. The van der Waals surface area contributed by atoms with Gasteiger partial charge in [-0.15, -0.1) is 0 Å². The summed E-state index contributed by atoms with van der Waals surface area (Å²) in [5.41, 5.74) is 6.51. The predicted octanol–water partition coefficient (Wildman–Crippen LogP) is 4.24. The minimum absolute atomic E-state index is 0.0722. The molecule has 1 aliphatic rings. The Hall–Kier alpha value is -3.20. The first kappa shape index (κ1) is 20.1. The van der Waals surface area contributed by atoms with Crippen LogP contribution in [-0.2, 0) is 0 Å². The highest BCUT2D eigenvalue weighted by molar-refractivity contribution is 5.95. The maximum Gasteiger partial charge on any atom is 0.387 e. The predicted molar refractivity (Wildman–Crippen MR) is 104 cm³/mol. The topological polar surface area (TPSA) is 92.5 Å². The quantitative estimate of drug-likeness (QED) is 0.589. The molecule has 1 saturated carbocycles. The van der Waals surface area contributed by atoms with Gasteiger partial charge < -0.3 is 19.6 Å². The van der Waals surface area contributed by atoms with Gasteiger partial charge in [0.15, 0.2) is 23.0 Å². The molecule has 1 fully saturated rings. The first-order chi connectivity index (χ1) is 14.4. The summed E-state index contributed by atoms with van der Waals surface area (Å²) in [4.78, 5) is 17.1. The van der Waals surface area contributed by atoms with Gasteiger partial charge >= 0.3 is 6.61 Å². The van der Waals surface area contributed by atoms with Gasteiger partial charge in [-0.3, -0.25) is 9.36 Å². The zero-order valence-corrected chi connectivity index (χ0v) is 16.3. The number of benzene rings is 1. The second-order valence-electron chi connectivity index (χ2n) is 7.21. The van der Waals surface area contributed by atoms with Crippen LogP contribution in [0.3, 0.4) is 0 Å². The number of alkyl halides is 2. The summed E-state index contributed by atoms with van der Waals surface area (Å²) in [6, 6.07) is 7.26. The lowest BCUT2D eigenvalue weighted by Crippen LogP contribution is -2.15. The zero-order chi connectivity index (χ0) is 21.3. The average Bonchev–Trinajstić information content (AvgIpc) is 3.19. The summed E-state index contributed by atoms with van der Waals surface area (Å²) in [5, 5.41) is 0. The molecule has 0 saturated heterocycles. The second-order valence-corrected chi connectivity index (χ2v) is 7.21. The van der Waals surface area contributed by atoms with E-state index in [1.165, 1.54) is 22.8 Å². The van der Waals surface area contributed by atoms with Crippen LogP contribution in [0.25, 0.3) is 11.5 Å². The summed E-state index contributed by atoms with van der Waals surface area (Å²) in [6.45, 7) is -0.881. The Morgan fingerprint density at radius 2 is 2.03 bits per heavy atom. The van der Waals surface area contributed by atoms with Crippen molar-refractivity contribution in [2.75, 3.05) is 6.61 Å². The van der Waals surface area contributed by atoms with Crippen molar-refractivity contribution >= 4 is 5.91 Å². The largest absolute Gasteiger partial charge is 0.489 e. The van der Waals surface area contributed by atoms with Crippen LogP contribution < -0.4 is 15.2 Å². The van der Waals surface area contributed by atoms with Crippen molar-refractivity contribution in [3.63, 3.8) is 0 Å². The van der Waals surface area contributed by atoms with Crippen molar-refractivity contribution in [2.24, 2.45) is 11.7 Å². The molecular weight excluding hydrogens is 396 g/mol. The van der Waals surface area contributed by atoms with E-state index in [4.69, 9.17) is 14.9 Å². The molecule has 4 rings (SSSR count). The molecule has 7 nitrogen and oxygen atoms in total. The van der Waals surface area contributed by atoms with E-state index in [0.717, 1.165) is 12.8 Å². The fourth-order valence-corrected chi connectivity index (χ4v) is 2.95. The summed E-state index contributed by atoms with van der Waals surface area (Å²) in [7, 11) is 0. The number of carbonyl (C=O) groups excluding carboxylic acids is 1. The van der Waals surface area contributed by atoms with Gasteiger partial charge in [0, 0.05) is 18.0 Å². The van der Waals surface area contributed by atoms with Gasteiger partial charge in [0.25, 0.3) is 5.91 Å². The molecule has 2 aromatic heterocycles. The highest BCUT2D eigenvalue weighted by atomic mass is 19.3. The Morgan fingerprint density at radius 1 is 1.30 bits per heavy atom. The van der Waals surface area contributed by atoms with Crippen molar-refractivity contribution in [1.29, 1.82) is 0 Å². The average molecular weight is 417 g/mol. The van der Waals surface area contributed by atoms with E-state index in [1.54, 1.807) is 31.5 Å². The standard InChI is InChI=1S/C21H21F2N3O4/c1-12(24)18-17(20(27)26-8-2-3-9-26)25-19(30-18)14-6-7-15(29-21(22)23)16(10-14)28-11-13-4-5-13/h2-3,6-10,12-13,21H,4-5,11,24H2,1H3/t12-/m0/s1. The van der Waals surface area contributed by atoms with Crippen molar-refractivity contribution < 1.29 is 27.5 Å². The highest BCUT2D eigenvalue weighted by Crippen LogP contribution is 2.37. The molecule has 1 atom stereocenters. The van der Waals surface area contributed by atoms with E-state index in [1.807, 2.05) is 0 Å². The minimum Gasteiger partial charge on any atom is -0.489 e. The summed E-state index contributed by atoms with van der Waals surface area (Å²) >= 11 is 0. The van der Waals surface area contributed by atoms with Crippen LogP contribution in [0.2, 0.25) is 0 Å². The lowest BCUT2D eigenvalue weighted by Gasteiger charge is -2.12. The summed E-state index contributed by atoms with van der Waals surface area (Å²) in [6.07, 6.45) is 5.30. The Bertz CT molecular complexity index is 1030. The van der Waals surface area contributed by atoms with Gasteiger partial charge in [0.2, 0.25) is 5.89 Å². The zero-order valence-electron chi connectivity index (χ0n) is 16.3. The van der Waals surface area contributed by atoms with Gasteiger partial charge in [0.05, 0.1) is 12.6 Å². The fraction of sp³-hybridized carbons (Fsp3) is 0.333. The molecule has 0 amide bonds. The number of hydrogen-bond donors (Lipinski definition) is 1. The SMILES string of the molecule is C[C@H](N)c1oc(-c2ccc(OC(F)F)c(OCC3CC3)c2)nc1C(=O)n1cccc1. The van der Waals surface area contributed by atoms with Gasteiger partial charge in [-0.1, -0.05) is 0 Å². The number of hydrogen-bond acceptors (Lipinski definition) is 6. The molecule has 30 heavy (non-hydrogen) atoms. The second kappa shape index (κ2) is 8.27. The third-order valence-electron chi connectivity index (χ3n) is 4.69. The third kappa shape index (κ3) is 4.35. The first-order valence-electron chi connectivity index (χ1n) is 9.58. The van der Waals surface area contributed by atoms with E-state index < -0.39 is 12.7 Å². The Kier molecular flexibility index (Phi) is 5.54. The molecule has 9 heteroatoms. The minimum atomic E-state index is -2.98. The fourth-order valence-electron chi connectivity index (χ4n) is 2.95. The molecule has 1 aliphatic carbocycles. The summed E-state index contributed by atoms with van der Waals surface area (Å²) < 4.78 is 42.9. The molecule has 2 heterocycles. The molecule has 0 spiro atoms. The maximum atomic E-state index is 12.8. The molecule has 0 radical (unpaired) electrons. The first-order valence-corrected chi connectivity index (χ1v) is 9.58. The van der Waals surface area contributed by atoms with Gasteiger partial charge in [-0.05, 0) is 56.0 Å². The monoisotopic (exact) mass is 417 g/mol. The van der Waals surface area contributed by atoms with E-state index in [-0.39, 0.29) is 34.8 Å². The van der Waals surface area contributed by atoms with E-state index in [0.29, 0.717) is 18.1 Å². The number of nitrogens with zero attached hydrogens (tertiary/aromatic N) is 2. The number of rotatable bonds is 8. The molecule has 0 unspecified atom stereocenters. The van der Waals surface area contributed by atoms with E-state index in [9.17, 15) is 13.6 Å². The number of oxazole rings is 1. The number of carbonyl (C=O) groups is 1. The van der Waals surface area contributed by atoms with Crippen molar-refractivity contribution in [3.05, 3.63) is 54.2 Å². The Labute approximate surface area is 171 Å². The van der Waals surface area contributed by atoms with Crippen molar-refractivity contribution in [2.45, 2.75) is 32.4 Å². The third-order valence-corrected chi connectivity index (χ3v) is 4.69. The van der Waals surface area contributed by atoms with Crippen LogP contribution in [0.5, 0.6) is 11.5 Å². The maximum absolute atomic E-state index is 12.8. The van der Waals surface area contributed by atoms with Crippen LogP contribution in [0.4, 0.5) is 8.78 Å². The lowest BCUT2D eigenvalue weighted by atomic mass is 10.2. The van der Waals surface area contributed by atoms with Crippen molar-refractivity contribution in [3.8, 4) is 23.0 Å². The summed E-state index contributed by atoms with van der Waals surface area (Å²) in [5.74, 6) is 0.501. The Morgan fingerprint density at radius 3 is 2.67 bits per heavy atom. The number of aromatic nitrogens is 2. The van der Waals surface area contributed by atoms with Crippen LogP contribution >= 0.6 is 0 Å². The smallest absolute Gasteiger partial charge is 0.387 e. The number of nitrogens with two attached hydrogens (primary N) is 1. The molecule has 1 aromatic carbocycles. The molecule has 2 N–H and O–H groups in total. The van der Waals surface area contributed by atoms with Gasteiger partial charge in [-0.2, -0.15) is 8.78 Å². The lowest BCUT2D eigenvalue weighted by molar-refractivity contribution is -0.0515. The molecule has 158 valence electrons. The van der Waals surface area contributed by atoms with Crippen LogP contribution in [-0.4, -0.2) is 28.7 Å². The van der Waals surface area contributed by atoms with E-state index in [2.05, 4.69) is 9.72 Å². The number of halogens is 2. The van der Waals surface area contributed by atoms with Crippen molar-refractivity contribution in [1.82, 2.24) is 9.55 Å². The molecular formula is C21H21F2N3O4. The van der Waals surface area contributed by atoms with Gasteiger partial charge in [0.1, 0.15) is 0 Å². The van der Waals surface area contributed by atoms with Gasteiger partial charge in [-0.25, -0.2) is 4.98 Å². The van der Waals surface area contributed by atoms with Crippen LogP contribution in [0.1, 0.15) is 42.1 Å². The number of ether oxygens (including phenoxy) is 2. The highest BCUT2D eigenvalue weighted by Gasteiger charge is 2.26. The molecule has 0 aliphatic heterocycles. The van der Waals surface area contributed by atoms with Crippen LogP contribution in [0, 0.1) is 5.92 Å². The Balaban J connectivity index is 1.69. The normalized spacial score (nSPS) is 14.7. The molecule has 0 bridgehead atoms. The van der Waals surface area contributed by atoms with E-state index >= 15 is 0 Å². The van der Waals surface area contributed by atoms with Crippen LogP contribution in [0.15, 0.2) is 47.1 Å².